The Morgan fingerprint density at radius 3 is 2.67 bits per heavy atom. The molecule has 0 saturated carbocycles. The monoisotopic (exact) mass is 367 g/mol. The van der Waals surface area contributed by atoms with E-state index in [4.69, 9.17) is 9.47 Å². The number of carbonyl (C=O) groups is 1. The van der Waals surface area contributed by atoms with Gasteiger partial charge in [0.1, 0.15) is 5.82 Å². The lowest BCUT2D eigenvalue weighted by molar-refractivity contribution is -0.120. The van der Waals surface area contributed by atoms with E-state index in [1.54, 1.807) is 0 Å². The highest BCUT2D eigenvalue weighted by molar-refractivity contribution is 5.78. The van der Waals surface area contributed by atoms with Gasteiger partial charge in [-0.15, -0.1) is 0 Å². The molecule has 0 bridgehead atoms. The molecule has 2 aliphatic rings. The van der Waals surface area contributed by atoms with Crippen LogP contribution in [-0.4, -0.2) is 30.8 Å². The second kappa shape index (κ2) is 8.29. The summed E-state index contributed by atoms with van der Waals surface area (Å²) in [7, 11) is 0. The maximum atomic E-state index is 12.3. The van der Waals surface area contributed by atoms with Gasteiger partial charge in [0.25, 0.3) is 0 Å². The zero-order chi connectivity index (χ0) is 18.5. The second-order valence-electron chi connectivity index (χ2n) is 7.06. The van der Waals surface area contributed by atoms with Gasteiger partial charge in [0, 0.05) is 25.8 Å². The van der Waals surface area contributed by atoms with Crippen LogP contribution < -0.4 is 19.7 Å². The Hall–Kier alpha value is -2.76. The Morgan fingerprint density at radius 2 is 1.81 bits per heavy atom. The van der Waals surface area contributed by atoms with Crippen LogP contribution in [0.3, 0.4) is 0 Å². The van der Waals surface area contributed by atoms with Gasteiger partial charge in [-0.3, -0.25) is 4.79 Å². The van der Waals surface area contributed by atoms with E-state index in [0.717, 1.165) is 35.8 Å². The summed E-state index contributed by atoms with van der Waals surface area (Å²) in [5.74, 6) is 2.44. The van der Waals surface area contributed by atoms with Crippen LogP contribution in [-0.2, 0) is 17.8 Å². The predicted octanol–water partition coefficient (Wildman–Crippen LogP) is 3.05. The highest BCUT2D eigenvalue weighted by Gasteiger charge is 2.15. The van der Waals surface area contributed by atoms with Crippen LogP contribution in [0.4, 0.5) is 5.82 Å². The lowest BCUT2D eigenvalue weighted by Crippen LogP contribution is -2.26. The first-order valence-corrected chi connectivity index (χ1v) is 9.63. The first-order chi connectivity index (χ1) is 13.3. The Bertz CT molecular complexity index is 801. The van der Waals surface area contributed by atoms with E-state index < -0.39 is 0 Å². The molecule has 0 radical (unpaired) electrons. The third kappa shape index (κ3) is 4.51. The number of carbonyl (C=O) groups excluding carboxylic acids is 1. The summed E-state index contributed by atoms with van der Waals surface area (Å²) in [6.45, 7) is 2.87. The van der Waals surface area contributed by atoms with Gasteiger partial charge in [0.05, 0.1) is 6.42 Å². The first-order valence-electron chi connectivity index (χ1n) is 9.63. The third-order valence-electron chi connectivity index (χ3n) is 5.03. The molecule has 0 unspecified atom stereocenters. The topological polar surface area (TPSA) is 63.7 Å². The van der Waals surface area contributed by atoms with Crippen molar-refractivity contribution in [3.05, 3.63) is 47.7 Å². The molecule has 1 fully saturated rings. The number of nitrogens with zero attached hydrogens (tertiary/aromatic N) is 2. The molecule has 0 atom stereocenters. The van der Waals surface area contributed by atoms with E-state index >= 15 is 0 Å². The van der Waals surface area contributed by atoms with Crippen LogP contribution >= 0.6 is 0 Å². The number of anilines is 1. The minimum Gasteiger partial charge on any atom is -0.454 e. The lowest BCUT2D eigenvalue weighted by atomic mass is 10.1. The highest BCUT2D eigenvalue weighted by Crippen LogP contribution is 2.32. The van der Waals surface area contributed by atoms with Crippen molar-refractivity contribution in [2.75, 3.05) is 24.8 Å². The van der Waals surface area contributed by atoms with Crippen LogP contribution in [0.15, 0.2) is 36.5 Å². The number of nitrogens with one attached hydrogen (secondary N) is 1. The molecule has 27 heavy (non-hydrogen) atoms. The predicted molar refractivity (Wildman–Crippen MR) is 103 cm³/mol. The molecule has 6 nitrogen and oxygen atoms in total. The van der Waals surface area contributed by atoms with Crippen LogP contribution in [0.5, 0.6) is 11.5 Å². The summed E-state index contributed by atoms with van der Waals surface area (Å²) in [4.78, 5) is 19.2. The summed E-state index contributed by atoms with van der Waals surface area (Å²) >= 11 is 0. The largest absolute Gasteiger partial charge is 0.454 e. The number of amides is 1. The number of hydrogen-bond acceptors (Lipinski definition) is 5. The van der Waals surface area contributed by atoms with Crippen molar-refractivity contribution in [3.63, 3.8) is 0 Å². The average molecular weight is 367 g/mol. The van der Waals surface area contributed by atoms with Crippen LogP contribution in [0, 0.1) is 0 Å². The van der Waals surface area contributed by atoms with Gasteiger partial charge in [0.2, 0.25) is 12.7 Å². The van der Waals surface area contributed by atoms with Gasteiger partial charge in [-0.05, 0) is 48.2 Å². The van der Waals surface area contributed by atoms with Crippen molar-refractivity contribution in [1.29, 1.82) is 0 Å². The van der Waals surface area contributed by atoms with Crippen molar-refractivity contribution in [1.82, 2.24) is 10.3 Å². The van der Waals surface area contributed by atoms with E-state index in [2.05, 4.69) is 21.3 Å². The molecule has 3 heterocycles. The number of ether oxygens (including phenoxy) is 2. The molecule has 142 valence electrons. The number of pyridine rings is 1. The quantitative estimate of drug-likeness (QED) is 0.880. The normalized spacial score (nSPS) is 16.1. The van der Waals surface area contributed by atoms with E-state index in [-0.39, 0.29) is 12.7 Å². The molecule has 1 N–H and O–H groups in total. The molecule has 0 aliphatic carbocycles. The number of aromatic nitrogens is 1. The Labute approximate surface area is 159 Å². The summed E-state index contributed by atoms with van der Waals surface area (Å²) in [5.41, 5.74) is 1.99. The fourth-order valence-electron chi connectivity index (χ4n) is 3.54. The SMILES string of the molecule is O=C(Cc1ccc2c(c1)OCO2)NCc1ccnc(N2CCCCCC2)c1. The molecule has 0 spiro atoms. The second-order valence-corrected chi connectivity index (χ2v) is 7.06. The number of benzene rings is 1. The maximum Gasteiger partial charge on any atom is 0.231 e. The minimum atomic E-state index is -0.0120. The molecular formula is C21H25N3O3. The Kier molecular flexibility index (Phi) is 5.42. The van der Waals surface area contributed by atoms with Gasteiger partial charge < -0.3 is 19.7 Å². The standard InChI is InChI=1S/C21H25N3O3/c25-21(13-16-5-6-18-19(11-16)27-15-26-18)23-14-17-7-8-22-20(12-17)24-9-3-1-2-4-10-24/h5-8,11-12H,1-4,9-10,13-15H2,(H,23,25). The zero-order valence-electron chi connectivity index (χ0n) is 15.4. The van der Waals surface area contributed by atoms with Gasteiger partial charge in [0.15, 0.2) is 11.5 Å². The van der Waals surface area contributed by atoms with E-state index in [9.17, 15) is 4.79 Å². The molecule has 2 aromatic rings. The van der Waals surface area contributed by atoms with Gasteiger partial charge >= 0.3 is 0 Å². The smallest absolute Gasteiger partial charge is 0.231 e. The maximum absolute atomic E-state index is 12.3. The highest BCUT2D eigenvalue weighted by atomic mass is 16.7. The number of rotatable bonds is 5. The van der Waals surface area contributed by atoms with Gasteiger partial charge in [-0.1, -0.05) is 18.9 Å². The van der Waals surface area contributed by atoms with Crippen molar-refractivity contribution < 1.29 is 14.3 Å². The molecule has 1 saturated heterocycles. The molecule has 1 aromatic carbocycles. The fourth-order valence-corrected chi connectivity index (χ4v) is 3.54. The molecule has 2 aliphatic heterocycles. The van der Waals surface area contributed by atoms with Crippen molar-refractivity contribution in [3.8, 4) is 11.5 Å². The van der Waals surface area contributed by atoms with Crippen molar-refractivity contribution in [2.45, 2.75) is 38.6 Å². The zero-order valence-corrected chi connectivity index (χ0v) is 15.4. The average Bonchev–Trinajstić information content (AvgIpc) is 2.98. The van der Waals surface area contributed by atoms with Gasteiger partial charge in [-0.25, -0.2) is 4.98 Å². The van der Waals surface area contributed by atoms with Gasteiger partial charge in [-0.2, -0.15) is 0 Å². The van der Waals surface area contributed by atoms with Crippen molar-refractivity contribution in [2.24, 2.45) is 0 Å². The van der Waals surface area contributed by atoms with E-state index in [1.165, 1.54) is 25.7 Å². The first kappa shape index (κ1) is 17.6. The molecule has 6 heteroatoms. The molecule has 1 amide bonds. The number of fused-ring (bicyclic) bond motifs is 1. The summed E-state index contributed by atoms with van der Waals surface area (Å²) in [5, 5.41) is 3.00. The molecule has 4 rings (SSSR count). The molecular weight excluding hydrogens is 342 g/mol. The fraction of sp³-hybridized carbons (Fsp3) is 0.429. The Balaban J connectivity index is 1.33. The van der Waals surface area contributed by atoms with E-state index in [1.807, 2.05) is 30.5 Å². The van der Waals surface area contributed by atoms with E-state index in [0.29, 0.717) is 18.7 Å². The summed E-state index contributed by atoms with van der Waals surface area (Å²) in [6.07, 6.45) is 7.19. The third-order valence-corrected chi connectivity index (χ3v) is 5.03. The lowest BCUT2D eigenvalue weighted by Gasteiger charge is -2.21. The Morgan fingerprint density at radius 1 is 1.00 bits per heavy atom. The summed E-state index contributed by atoms with van der Waals surface area (Å²) in [6, 6.07) is 9.67. The van der Waals surface area contributed by atoms with Crippen LogP contribution in [0.1, 0.15) is 36.8 Å². The molecule has 1 aromatic heterocycles. The summed E-state index contributed by atoms with van der Waals surface area (Å²) < 4.78 is 10.7. The van der Waals surface area contributed by atoms with Crippen LogP contribution in [0.25, 0.3) is 0 Å². The van der Waals surface area contributed by atoms with Crippen LogP contribution in [0.2, 0.25) is 0 Å². The number of hydrogen-bond donors (Lipinski definition) is 1. The minimum absolute atomic E-state index is 0.0120. The van der Waals surface area contributed by atoms with Crippen molar-refractivity contribution >= 4 is 11.7 Å².